The molecular formula is C15H16N2O. The number of terminal acetylenes is 1. The van der Waals surface area contributed by atoms with Crippen LogP contribution in [-0.2, 0) is 7.05 Å². The van der Waals surface area contributed by atoms with Crippen LogP contribution in [0.5, 0.6) is 5.75 Å². The first kappa shape index (κ1) is 12.1. The van der Waals surface area contributed by atoms with Gasteiger partial charge in [0.1, 0.15) is 5.75 Å². The van der Waals surface area contributed by atoms with Crippen molar-refractivity contribution in [2.45, 2.75) is 6.92 Å². The minimum atomic E-state index is 0.265. The third kappa shape index (κ3) is 1.93. The van der Waals surface area contributed by atoms with Crippen molar-refractivity contribution < 1.29 is 5.11 Å². The summed E-state index contributed by atoms with van der Waals surface area (Å²) in [6.45, 7) is 2.03. The predicted molar refractivity (Wildman–Crippen MR) is 74.3 cm³/mol. The zero-order valence-corrected chi connectivity index (χ0v) is 10.8. The molecular weight excluding hydrogens is 224 g/mol. The Morgan fingerprint density at radius 3 is 2.39 bits per heavy atom. The van der Waals surface area contributed by atoms with Gasteiger partial charge in [0.25, 0.3) is 0 Å². The van der Waals surface area contributed by atoms with Crippen molar-refractivity contribution in [3.8, 4) is 18.1 Å². The van der Waals surface area contributed by atoms with Crippen LogP contribution in [0.15, 0.2) is 30.3 Å². The fourth-order valence-electron chi connectivity index (χ4n) is 1.98. The van der Waals surface area contributed by atoms with Gasteiger partial charge in [-0.05, 0) is 37.3 Å². The van der Waals surface area contributed by atoms with Crippen molar-refractivity contribution in [3.05, 3.63) is 41.7 Å². The Balaban J connectivity index is 2.43. The number of rotatable bonds is 2. The molecule has 0 unspecified atom stereocenters. The molecule has 0 fully saturated rings. The van der Waals surface area contributed by atoms with Crippen LogP contribution < -0.4 is 4.90 Å². The summed E-state index contributed by atoms with van der Waals surface area (Å²) in [5, 5.41) is 9.30. The van der Waals surface area contributed by atoms with Gasteiger partial charge in [0.05, 0.1) is 11.4 Å². The van der Waals surface area contributed by atoms with E-state index in [1.165, 1.54) is 0 Å². The van der Waals surface area contributed by atoms with Crippen LogP contribution in [0.1, 0.15) is 11.4 Å². The number of anilines is 2. The van der Waals surface area contributed by atoms with E-state index in [4.69, 9.17) is 6.42 Å². The SMILES string of the molecule is C#Cc1cc(N(C)c2ccc(O)cc2)c(C)n1C. The van der Waals surface area contributed by atoms with Crippen molar-refractivity contribution in [2.24, 2.45) is 7.05 Å². The van der Waals surface area contributed by atoms with Crippen molar-refractivity contribution >= 4 is 11.4 Å². The van der Waals surface area contributed by atoms with Gasteiger partial charge < -0.3 is 14.6 Å². The van der Waals surface area contributed by atoms with Crippen LogP contribution in [0.3, 0.4) is 0 Å². The molecule has 0 aliphatic heterocycles. The van der Waals surface area contributed by atoms with E-state index in [9.17, 15) is 5.11 Å². The summed E-state index contributed by atoms with van der Waals surface area (Å²) in [6.07, 6.45) is 5.47. The Morgan fingerprint density at radius 2 is 1.89 bits per heavy atom. The quantitative estimate of drug-likeness (QED) is 0.818. The van der Waals surface area contributed by atoms with Crippen LogP contribution in [0.4, 0.5) is 11.4 Å². The first-order chi connectivity index (χ1) is 8.54. The molecule has 1 aromatic heterocycles. The maximum atomic E-state index is 9.30. The number of phenolic OH excluding ortho intramolecular Hbond substituents is 1. The average Bonchev–Trinajstić information content (AvgIpc) is 2.66. The molecule has 0 saturated carbocycles. The Labute approximate surface area is 107 Å². The van der Waals surface area contributed by atoms with Gasteiger partial charge in [-0.3, -0.25) is 0 Å². The van der Waals surface area contributed by atoms with Crippen molar-refractivity contribution in [1.29, 1.82) is 0 Å². The second kappa shape index (κ2) is 4.50. The van der Waals surface area contributed by atoms with Crippen LogP contribution in [-0.4, -0.2) is 16.7 Å². The zero-order chi connectivity index (χ0) is 13.3. The van der Waals surface area contributed by atoms with Gasteiger partial charge in [-0.2, -0.15) is 0 Å². The third-order valence-electron chi connectivity index (χ3n) is 3.25. The Hall–Kier alpha value is -2.34. The number of phenols is 1. The van der Waals surface area contributed by atoms with E-state index in [-0.39, 0.29) is 5.75 Å². The lowest BCUT2D eigenvalue weighted by atomic mass is 10.2. The molecule has 1 N–H and O–H groups in total. The lowest BCUT2D eigenvalue weighted by Gasteiger charge is -2.19. The Kier molecular flexibility index (Phi) is 3.03. The molecule has 18 heavy (non-hydrogen) atoms. The summed E-state index contributed by atoms with van der Waals surface area (Å²) in [4.78, 5) is 2.05. The molecule has 0 bridgehead atoms. The molecule has 0 aliphatic rings. The number of aromatic hydroxyl groups is 1. The summed E-state index contributed by atoms with van der Waals surface area (Å²) < 4.78 is 1.99. The van der Waals surface area contributed by atoms with E-state index in [1.54, 1.807) is 12.1 Å². The van der Waals surface area contributed by atoms with Gasteiger partial charge in [-0.1, -0.05) is 5.92 Å². The summed E-state index contributed by atoms with van der Waals surface area (Å²) in [5.41, 5.74) is 4.04. The smallest absolute Gasteiger partial charge is 0.115 e. The van der Waals surface area contributed by atoms with Crippen LogP contribution in [0, 0.1) is 19.3 Å². The summed E-state index contributed by atoms with van der Waals surface area (Å²) >= 11 is 0. The molecule has 0 atom stereocenters. The van der Waals surface area contributed by atoms with Gasteiger partial charge in [0, 0.05) is 25.5 Å². The van der Waals surface area contributed by atoms with Crippen LogP contribution >= 0.6 is 0 Å². The molecule has 2 rings (SSSR count). The topological polar surface area (TPSA) is 28.4 Å². The molecule has 2 aromatic rings. The molecule has 0 aliphatic carbocycles. The normalized spacial score (nSPS) is 10.1. The lowest BCUT2D eigenvalue weighted by molar-refractivity contribution is 0.475. The minimum absolute atomic E-state index is 0.265. The first-order valence-corrected chi connectivity index (χ1v) is 5.70. The van der Waals surface area contributed by atoms with E-state index in [1.807, 2.05) is 43.8 Å². The molecule has 0 saturated heterocycles. The lowest BCUT2D eigenvalue weighted by Crippen LogP contribution is -2.10. The standard InChI is InChI=1S/C15H16N2O/c1-5-12-10-15(11(2)16(12)3)17(4)13-6-8-14(18)9-7-13/h1,6-10,18H,2-4H3. The zero-order valence-electron chi connectivity index (χ0n) is 10.8. The molecule has 3 heteroatoms. The van der Waals surface area contributed by atoms with Crippen molar-refractivity contribution in [3.63, 3.8) is 0 Å². The monoisotopic (exact) mass is 240 g/mol. The van der Waals surface area contributed by atoms with Gasteiger partial charge in [0.2, 0.25) is 0 Å². The van der Waals surface area contributed by atoms with E-state index in [0.29, 0.717) is 0 Å². The second-order valence-corrected chi connectivity index (χ2v) is 4.28. The fraction of sp³-hybridized carbons (Fsp3) is 0.200. The van der Waals surface area contributed by atoms with Gasteiger partial charge in [-0.15, -0.1) is 6.42 Å². The van der Waals surface area contributed by atoms with Crippen molar-refractivity contribution in [2.75, 3.05) is 11.9 Å². The first-order valence-electron chi connectivity index (χ1n) is 5.70. The molecule has 0 amide bonds. The summed E-state index contributed by atoms with van der Waals surface area (Å²) in [7, 11) is 3.94. The van der Waals surface area contributed by atoms with E-state index in [0.717, 1.165) is 22.8 Å². The summed E-state index contributed by atoms with van der Waals surface area (Å²) in [6, 6.07) is 9.08. The maximum Gasteiger partial charge on any atom is 0.115 e. The fourth-order valence-corrected chi connectivity index (χ4v) is 1.98. The summed E-state index contributed by atoms with van der Waals surface area (Å²) in [5.74, 6) is 2.93. The van der Waals surface area contributed by atoms with E-state index >= 15 is 0 Å². The number of hydrogen-bond acceptors (Lipinski definition) is 2. The number of nitrogens with zero attached hydrogens (tertiary/aromatic N) is 2. The molecule has 92 valence electrons. The molecule has 0 radical (unpaired) electrons. The minimum Gasteiger partial charge on any atom is -0.508 e. The molecule has 3 nitrogen and oxygen atoms in total. The van der Waals surface area contributed by atoms with Gasteiger partial charge in [0.15, 0.2) is 0 Å². The predicted octanol–water partition coefficient (Wildman–Crippen LogP) is 2.79. The van der Waals surface area contributed by atoms with Crippen LogP contribution in [0.2, 0.25) is 0 Å². The van der Waals surface area contributed by atoms with Crippen LogP contribution in [0.25, 0.3) is 0 Å². The highest BCUT2D eigenvalue weighted by molar-refractivity contribution is 5.67. The molecule has 0 spiro atoms. The third-order valence-corrected chi connectivity index (χ3v) is 3.25. The molecule has 1 heterocycles. The number of aromatic nitrogens is 1. The molecule has 1 aromatic carbocycles. The highest BCUT2D eigenvalue weighted by Gasteiger charge is 2.12. The highest BCUT2D eigenvalue weighted by Crippen LogP contribution is 2.29. The number of benzene rings is 1. The maximum absolute atomic E-state index is 9.30. The van der Waals surface area contributed by atoms with Crippen molar-refractivity contribution in [1.82, 2.24) is 4.57 Å². The van der Waals surface area contributed by atoms with E-state index in [2.05, 4.69) is 10.8 Å². The average molecular weight is 240 g/mol. The van der Waals surface area contributed by atoms with Gasteiger partial charge in [-0.25, -0.2) is 0 Å². The second-order valence-electron chi connectivity index (χ2n) is 4.28. The number of hydrogen-bond donors (Lipinski definition) is 1. The van der Waals surface area contributed by atoms with E-state index < -0.39 is 0 Å². The Bertz CT molecular complexity index is 603. The highest BCUT2D eigenvalue weighted by atomic mass is 16.3. The van der Waals surface area contributed by atoms with Gasteiger partial charge >= 0.3 is 0 Å². The Morgan fingerprint density at radius 1 is 1.28 bits per heavy atom. The largest absolute Gasteiger partial charge is 0.508 e.